The van der Waals surface area contributed by atoms with Crippen molar-refractivity contribution in [3.8, 4) is 0 Å². The van der Waals surface area contributed by atoms with Crippen LogP contribution in [0.15, 0.2) is 34.5 Å². The van der Waals surface area contributed by atoms with E-state index in [0.29, 0.717) is 11.5 Å². The largest absolute Gasteiger partial charge is 0.466 e. The van der Waals surface area contributed by atoms with Crippen LogP contribution in [0.1, 0.15) is 25.5 Å². The number of hydrogen-bond acceptors (Lipinski definition) is 4. The molecule has 0 saturated heterocycles. The molecule has 2 rings (SSSR count). The lowest BCUT2D eigenvalue weighted by Crippen LogP contribution is -2.30. The minimum atomic E-state index is -0.843. The Labute approximate surface area is 115 Å². The van der Waals surface area contributed by atoms with Gasteiger partial charge in [-0.2, -0.15) is 0 Å². The zero-order valence-corrected chi connectivity index (χ0v) is 11.3. The molecule has 1 aromatic rings. The number of hydrogen-bond donors (Lipinski definition) is 1. The highest BCUT2D eigenvalue weighted by molar-refractivity contribution is 5.95. The number of esters is 1. The first-order chi connectivity index (χ1) is 9.43. The van der Waals surface area contributed by atoms with E-state index < -0.39 is 23.6 Å². The van der Waals surface area contributed by atoms with Gasteiger partial charge in [0.2, 0.25) is 0 Å². The van der Waals surface area contributed by atoms with Crippen LogP contribution >= 0.6 is 0 Å². The Morgan fingerprint density at radius 3 is 2.65 bits per heavy atom. The summed E-state index contributed by atoms with van der Waals surface area (Å²) in [4.78, 5) is 16.1. The smallest absolute Gasteiger partial charge is 0.338 e. The van der Waals surface area contributed by atoms with E-state index in [1.165, 1.54) is 13.2 Å². The molecular formula is C14H14F2N2O2. The number of benzene rings is 1. The predicted molar refractivity (Wildman–Crippen MR) is 70.1 cm³/mol. The van der Waals surface area contributed by atoms with Crippen molar-refractivity contribution in [3.05, 3.63) is 46.7 Å². The molecular weight excluding hydrogens is 266 g/mol. The highest BCUT2D eigenvalue weighted by Crippen LogP contribution is 2.32. The first-order valence-corrected chi connectivity index (χ1v) is 5.99. The number of ether oxygens (including phenoxy) is 1. The van der Waals surface area contributed by atoms with E-state index in [1.807, 2.05) is 0 Å². The van der Waals surface area contributed by atoms with E-state index in [1.54, 1.807) is 13.8 Å². The molecule has 1 atom stereocenters. The number of carbonyl (C=O) groups is 1. The molecule has 6 heteroatoms. The number of allylic oxidation sites excluding steroid dienone is 1. The summed E-state index contributed by atoms with van der Waals surface area (Å²) in [5.41, 5.74) is 0.883. The number of nitrogens with one attached hydrogen (secondary N) is 1. The minimum Gasteiger partial charge on any atom is -0.466 e. The van der Waals surface area contributed by atoms with Gasteiger partial charge in [-0.3, -0.25) is 4.99 Å². The summed E-state index contributed by atoms with van der Waals surface area (Å²) in [6.07, 6.45) is 0. The molecule has 0 saturated carbocycles. The molecule has 0 spiro atoms. The Hall–Kier alpha value is -2.24. The van der Waals surface area contributed by atoms with Crippen LogP contribution in [-0.2, 0) is 9.53 Å². The molecule has 0 fully saturated rings. The lowest BCUT2D eigenvalue weighted by Gasteiger charge is -2.24. The molecule has 0 bridgehead atoms. The lowest BCUT2D eigenvalue weighted by atomic mass is 9.95. The van der Waals surface area contributed by atoms with Crippen LogP contribution in [-0.4, -0.2) is 18.9 Å². The van der Waals surface area contributed by atoms with Gasteiger partial charge in [0.15, 0.2) is 0 Å². The quantitative estimate of drug-likeness (QED) is 0.847. The Balaban J connectivity index is 2.55. The van der Waals surface area contributed by atoms with Gasteiger partial charge in [-0.05, 0) is 19.9 Å². The van der Waals surface area contributed by atoms with Crippen LogP contribution in [0.25, 0.3) is 0 Å². The average molecular weight is 280 g/mol. The zero-order chi connectivity index (χ0) is 14.9. The summed E-state index contributed by atoms with van der Waals surface area (Å²) >= 11 is 0. The van der Waals surface area contributed by atoms with Crippen molar-refractivity contribution in [1.29, 1.82) is 0 Å². The van der Waals surface area contributed by atoms with E-state index in [4.69, 9.17) is 4.74 Å². The molecule has 0 amide bonds. The zero-order valence-electron chi connectivity index (χ0n) is 11.3. The monoisotopic (exact) mass is 280 g/mol. The van der Waals surface area contributed by atoms with Crippen LogP contribution in [0.3, 0.4) is 0 Å². The van der Waals surface area contributed by atoms with Crippen LogP contribution in [0, 0.1) is 11.6 Å². The maximum atomic E-state index is 13.9. The second kappa shape index (κ2) is 5.40. The van der Waals surface area contributed by atoms with Crippen molar-refractivity contribution < 1.29 is 18.3 Å². The number of carbonyl (C=O) groups excluding carboxylic acids is 1. The van der Waals surface area contributed by atoms with Crippen LogP contribution in [0.4, 0.5) is 8.78 Å². The van der Waals surface area contributed by atoms with Gasteiger partial charge in [-0.1, -0.05) is 6.07 Å². The van der Waals surface area contributed by atoms with Gasteiger partial charge in [0.1, 0.15) is 17.7 Å². The van der Waals surface area contributed by atoms with Gasteiger partial charge < -0.3 is 10.1 Å². The van der Waals surface area contributed by atoms with Crippen molar-refractivity contribution in [2.75, 3.05) is 7.11 Å². The molecule has 1 unspecified atom stereocenters. The SMILES string of the molecule is COC(=O)C1=C(C)NC(C)=NC1c1ccc(F)cc1F. The van der Waals surface area contributed by atoms with E-state index >= 15 is 0 Å². The highest BCUT2D eigenvalue weighted by atomic mass is 19.1. The molecule has 20 heavy (non-hydrogen) atoms. The number of rotatable bonds is 2. The summed E-state index contributed by atoms with van der Waals surface area (Å²) in [6, 6.07) is 2.35. The third-order valence-corrected chi connectivity index (χ3v) is 3.03. The minimum absolute atomic E-state index is 0.131. The molecule has 1 heterocycles. The van der Waals surface area contributed by atoms with Gasteiger partial charge >= 0.3 is 5.97 Å². The van der Waals surface area contributed by atoms with Crippen LogP contribution < -0.4 is 5.32 Å². The standard InChI is InChI=1S/C14H14F2N2O2/c1-7-12(14(19)20-3)13(18-8(2)17-7)10-5-4-9(15)6-11(10)16/h4-6,13H,1-3H3,(H,17,18). The van der Waals surface area contributed by atoms with Crippen LogP contribution in [0.5, 0.6) is 0 Å². The molecule has 0 aliphatic carbocycles. The maximum Gasteiger partial charge on any atom is 0.338 e. The third-order valence-electron chi connectivity index (χ3n) is 3.03. The maximum absolute atomic E-state index is 13.9. The molecule has 1 aliphatic rings. The fourth-order valence-corrected chi connectivity index (χ4v) is 2.16. The molecule has 1 N–H and O–H groups in total. The predicted octanol–water partition coefficient (Wildman–Crippen LogP) is 2.47. The first kappa shape index (κ1) is 14.2. The summed E-state index contributed by atoms with van der Waals surface area (Å²) in [7, 11) is 1.24. The second-order valence-electron chi connectivity index (χ2n) is 4.44. The molecule has 106 valence electrons. The highest BCUT2D eigenvalue weighted by Gasteiger charge is 2.30. The summed E-state index contributed by atoms with van der Waals surface area (Å²) in [6.45, 7) is 3.38. The Morgan fingerprint density at radius 2 is 2.05 bits per heavy atom. The van der Waals surface area contributed by atoms with E-state index in [2.05, 4.69) is 10.3 Å². The number of halogens is 2. The summed E-state index contributed by atoms with van der Waals surface area (Å²) < 4.78 is 31.6. The van der Waals surface area contributed by atoms with Crippen molar-refractivity contribution in [2.45, 2.75) is 19.9 Å². The Morgan fingerprint density at radius 1 is 1.35 bits per heavy atom. The first-order valence-electron chi connectivity index (χ1n) is 5.99. The Kier molecular flexibility index (Phi) is 3.83. The van der Waals surface area contributed by atoms with Gasteiger partial charge in [0.05, 0.1) is 18.5 Å². The molecule has 1 aromatic carbocycles. The van der Waals surface area contributed by atoms with E-state index in [9.17, 15) is 13.6 Å². The third kappa shape index (κ3) is 2.54. The van der Waals surface area contributed by atoms with E-state index in [-0.39, 0.29) is 11.1 Å². The van der Waals surface area contributed by atoms with Gasteiger partial charge in [-0.25, -0.2) is 13.6 Å². The van der Waals surface area contributed by atoms with Crippen molar-refractivity contribution in [1.82, 2.24) is 5.32 Å². The van der Waals surface area contributed by atoms with E-state index in [0.717, 1.165) is 12.1 Å². The summed E-state index contributed by atoms with van der Waals surface area (Å²) in [5.74, 6) is -1.48. The molecule has 1 aliphatic heterocycles. The van der Waals surface area contributed by atoms with Crippen molar-refractivity contribution in [2.24, 2.45) is 4.99 Å². The number of amidine groups is 1. The number of nitrogens with zero attached hydrogens (tertiary/aromatic N) is 1. The number of aliphatic imine (C=N–C) groups is 1. The Bertz CT molecular complexity index is 624. The van der Waals surface area contributed by atoms with Crippen LogP contribution in [0.2, 0.25) is 0 Å². The van der Waals surface area contributed by atoms with Gasteiger partial charge in [0.25, 0.3) is 0 Å². The normalized spacial score (nSPS) is 18.4. The van der Waals surface area contributed by atoms with Gasteiger partial charge in [-0.15, -0.1) is 0 Å². The fraction of sp³-hybridized carbons (Fsp3) is 0.286. The molecule has 0 radical (unpaired) electrons. The van der Waals surface area contributed by atoms with Crippen molar-refractivity contribution in [3.63, 3.8) is 0 Å². The topological polar surface area (TPSA) is 50.7 Å². The molecule has 0 aromatic heterocycles. The second-order valence-corrected chi connectivity index (χ2v) is 4.44. The van der Waals surface area contributed by atoms with Crippen molar-refractivity contribution >= 4 is 11.8 Å². The lowest BCUT2D eigenvalue weighted by molar-refractivity contribution is -0.136. The molecule has 4 nitrogen and oxygen atoms in total. The fourth-order valence-electron chi connectivity index (χ4n) is 2.16. The van der Waals surface area contributed by atoms with Gasteiger partial charge in [0, 0.05) is 17.3 Å². The number of methoxy groups -OCH3 is 1. The average Bonchev–Trinajstić information content (AvgIpc) is 2.37. The summed E-state index contributed by atoms with van der Waals surface area (Å²) in [5, 5.41) is 2.91.